The zero-order chi connectivity index (χ0) is 15.0. The van der Waals surface area contributed by atoms with Crippen LogP contribution < -0.4 is 4.74 Å². The third-order valence-corrected chi connectivity index (χ3v) is 3.43. The summed E-state index contributed by atoms with van der Waals surface area (Å²) in [5.74, 6) is 0.795. The van der Waals surface area contributed by atoms with E-state index in [-0.39, 0.29) is 5.91 Å². The quantitative estimate of drug-likeness (QED) is 0.661. The van der Waals surface area contributed by atoms with Crippen LogP contribution in [0.4, 0.5) is 0 Å². The molecule has 0 spiro atoms. The first-order chi connectivity index (χ1) is 9.63. The molecule has 4 heteroatoms. The lowest BCUT2D eigenvalue weighted by atomic mass is 10.2. The van der Waals surface area contributed by atoms with Gasteiger partial charge < -0.3 is 9.64 Å². The Kier molecular flexibility index (Phi) is 7.37. The molecule has 0 unspecified atom stereocenters. The van der Waals surface area contributed by atoms with Crippen LogP contribution in [0.2, 0.25) is 0 Å². The molecule has 1 aromatic rings. The van der Waals surface area contributed by atoms with Crippen molar-refractivity contribution in [2.75, 3.05) is 19.7 Å². The van der Waals surface area contributed by atoms with Crippen LogP contribution in [0.15, 0.2) is 35.3 Å². The second-order valence-electron chi connectivity index (χ2n) is 4.54. The van der Waals surface area contributed by atoms with Crippen LogP contribution in [0.3, 0.4) is 0 Å². The lowest BCUT2D eigenvalue weighted by Gasteiger charge is -2.21. The average Bonchev–Trinajstić information content (AvgIpc) is 2.45. The van der Waals surface area contributed by atoms with Gasteiger partial charge in [0.15, 0.2) is 0 Å². The van der Waals surface area contributed by atoms with E-state index in [0.717, 1.165) is 36.2 Å². The topological polar surface area (TPSA) is 29.5 Å². The maximum atomic E-state index is 12.5. The zero-order valence-corrected chi connectivity index (χ0v) is 13.8. The molecule has 0 aliphatic heterocycles. The van der Waals surface area contributed by atoms with Gasteiger partial charge >= 0.3 is 0 Å². The van der Waals surface area contributed by atoms with E-state index in [4.69, 9.17) is 4.74 Å². The highest BCUT2D eigenvalue weighted by Crippen LogP contribution is 2.26. The first-order valence-corrected chi connectivity index (χ1v) is 7.75. The van der Waals surface area contributed by atoms with Crippen LogP contribution in [0, 0.1) is 0 Å². The number of ether oxygens (including phenoxy) is 1. The summed E-state index contributed by atoms with van der Waals surface area (Å²) in [5, 5.41) is 0. The maximum Gasteiger partial charge on any atom is 0.253 e. The Morgan fingerprint density at radius 1 is 1.35 bits per heavy atom. The fraction of sp³-hybridized carbons (Fsp3) is 0.438. The molecule has 1 rings (SSSR count). The molecular weight excluding hydrogens is 318 g/mol. The van der Waals surface area contributed by atoms with Crippen molar-refractivity contribution in [2.45, 2.75) is 26.7 Å². The lowest BCUT2D eigenvalue weighted by Crippen LogP contribution is -2.32. The number of benzene rings is 1. The SMILES string of the molecule is C=CCOc1ccc(C(=O)N(CCC)CCC)cc1Br. The van der Waals surface area contributed by atoms with Gasteiger partial charge in [0, 0.05) is 18.7 Å². The molecule has 0 aliphatic rings. The van der Waals surface area contributed by atoms with E-state index in [2.05, 4.69) is 36.4 Å². The van der Waals surface area contributed by atoms with Crippen LogP contribution in [0.1, 0.15) is 37.0 Å². The highest BCUT2D eigenvalue weighted by molar-refractivity contribution is 9.10. The summed E-state index contributed by atoms with van der Waals surface area (Å²) < 4.78 is 6.28. The van der Waals surface area contributed by atoms with Crippen LogP contribution in [0.25, 0.3) is 0 Å². The Morgan fingerprint density at radius 2 is 2.00 bits per heavy atom. The Morgan fingerprint density at radius 3 is 2.50 bits per heavy atom. The van der Waals surface area contributed by atoms with Gasteiger partial charge in [-0.3, -0.25) is 4.79 Å². The second-order valence-corrected chi connectivity index (χ2v) is 5.39. The van der Waals surface area contributed by atoms with Crippen molar-refractivity contribution in [2.24, 2.45) is 0 Å². The average molecular weight is 340 g/mol. The van der Waals surface area contributed by atoms with E-state index in [0.29, 0.717) is 12.2 Å². The summed E-state index contributed by atoms with van der Waals surface area (Å²) in [5.41, 5.74) is 0.685. The molecule has 1 amide bonds. The van der Waals surface area contributed by atoms with Gasteiger partial charge in [0.25, 0.3) is 5.91 Å². The minimum atomic E-state index is 0.0738. The standard InChI is InChI=1S/C16H22BrNO2/c1-4-9-18(10-5-2)16(19)13-7-8-15(14(17)12-13)20-11-6-3/h6-8,12H,3-5,9-11H2,1-2H3. The molecule has 0 fully saturated rings. The Labute approximate surface area is 129 Å². The zero-order valence-electron chi connectivity index (χ0n) is 12.2. The first-order valence-electron chi connectivity index (χ1n) is 6.96. The molecule has 0 saturated heterocycles. The molecule has 110 valence electrons. The molecule has 1 aromatic carbocycles. The molecule has 0 aromatic heterocycles. The van der Waals surface area contributed by atoms with E-state index >= 15 is 0 Å². The highest BCUT2D eigenvalue weighted by atomic mass is 79.9. The number of halogens is 1. The Bertz CT molecular complexity index is 454. The summed E-state index contributed by atoms with van der Waals surface area (Å²) in [7, 11) is 0. The third kappa shape index (κ3) is 4.67. The smallest absolute Gasteiger partial charge is 0.253 e. The van der Waals surface area contributed by atoms with E-state index < -0.39 is 0 Å². The summed E-state index contributed by atoms with van der Waals surface area (Å²) in [4.78, 5) is 14.3. The predicted molar refractivity (Wildman–Crippen MR) is 86.3 cm³/mol. The number of carbonyl (C=O) groups excluding carboxylic acids is 1. The van der Waals surface area contributed by atoms with Gasteiger partial charge in [-0.25, -0.2) is 0 Å². The fourth-order valence-corrected chi connectivity index (χ4v) is 2.43. The molecular formula is C16H22BrNO2. The van der Waals surface area contributed by atoms with E-state index in [9.17, 15) is 4.79 Å². The number of hydrogen-bond donors (Lipinski definition) is 0. The number of amides is 1. The molecule has 0 heterocycles. The van der Waals surface area contributed by atoms with Crippen molar-refractivity contribution in [1.82, 2.24) is 4.90 Å². The van der Waals surface area contributed by atoms with Crippen LogP contribution in [-0.2, 0) is 0 Å². The van der Waals surface area contributed by atoms with Crippen LogP contribution in [0.5, 0.6) is 5.75 Å². The minimum Gasteiger partial charge on any atom is -0.488 e. The number of rotatable bonds is 8. The van der Waals surface area contributed by atoms with Gasteiger partial charge in [-0.2, -0.15) is 0 Å². The molecule has 0 atom stereocenters. The van der Waals surface area contributed by atoms with Crippen molar-refractivity contribution < 1.29 is 9.53 Å². The van der Waals surface area contributed by atoms with Crippen molar-refractivity contribution >= 4 is 21.8 Å². The lowest BCUT2D eigenvalue weighted by molar-refractivity contribution is 0.0755. The molecule has 0 radical (unpaired) electrons. The summed E-state index contributed by atoms with van der Waals surface area (Å²) in [6, 6.07) is 5.44. The fourth-order valence-electron chi connectivity index (χ4n) is 1.94. The molecule has 0 saturated carbocycles. The van der Waals surface area contributed by atoms with Crippen molar-refractivity contribution in [3.63, 3.8) is 0 Å². The normalized spacial score (nSPS) is 10.2. The van der Waals surface area contributed by atoms with E-state index in [1.165, 1.54) is 0 Å². The van der Waals surface area contributed by atoms with E-state index in [1.807, 2.05) is 23.1 Å². The predicted octanol–water partition coefficient (Wildman–Crippen LogP) is 4.28. The van der Waals surface area contributed by atoms with Crippen molar-refractivity contribution in [3.8, 4) is 5.75 Å². The Hall–Kier alpha value is -1.29. The summed E-state index contributed by atoms with van der Waals surface area (Å²) >= 11 is 3.44. The number of nitrogens with zero attached hydrogens (tertiary/aromatic N) is 1. The molecule has 20 heavy (non-hydrogen) atoms. The van der Waals surface area contributed by atoms with Gasteiger partial charge in [-0.1, -0.05) is 26.5 Å². The largest absolute Gasteiger partial charge is 0.488 e. The highest BCUT2D eigenvalue weighted by Gasteiger charge is 2.15. The van der Waals surface area contributed by atoms with Crippen molar-refractivity contribution in [1.29, 1.82) is 0 Å². The van der Waals surface area contributed by atoms with Gasteiger partial charge in [-0.15, -0.1) is 0 Å². The van der Waals surface area contributed by atoms with Crippen molar-refractivity contribution in [3.05, 3.63) is 40.9 Å². The van der Waals surface area contributed by atoms with Gasteiger partial charge in [0.1, 0.15) is 12.4 Å². The number of carbonyl (C=O) groups is 1. The maximum absolute atomic E-state index is 12.5. The van der Waals surface area contributed by atoms with Crippen LogP contribution >= 0.6 is 15.9 Å². The summed E-state index contributed by atoms with van der Waals surface area (Å²) in [6.45, 7) is 9.81. The molecule has 0 N–H and O–H groups in total. The van der Waals surface area contributed by atoms with Gasteiger partial charge in [-0.05, 0) is 47.0 Å². The molecule has 0 aliphatic carbocycles. The number of hydrogen-bond acceptors (Lipinski definition) is 2. The van der Waals surface area contributed by atoms with Crippen LogP contribution in [-0.4, -0.2) is 30.5 Å². The molecule has 0 bridgehead atoms. The van der Waals surface area contributed by atoms with Gasteiger partial charge in [0.2, 0.25) is 0 Å². The van der Waals surface area contributed by atoms with Gasteiger partial charge in [0.05, 0.1) is 4.47 Å². The minimum absolute atomic E-state index is 0.0738. The molecule has 3 nitrogen and oxygen atoms in total. The third-order valence-electron chi connectivity index (χ3n) is 2.81. The summed E-state index contributed by atoms with van der Waals surface area (Å²) in [6.07, 6.45) is 3.62. The Balaban J connectivity index is 2.87. The second kappa shape index (κ2) is 8.80. The van der Waals surface area contributed by atoms with E-state index in [1.54, 1.807) is 6.08 Å². The monoisotopic (exact) mass is 339 g/mol. The first kappa shape index (κ1) is 16.8.